The molecule has 1 aromatic carbocycles. The van der Waals surface area contributed by atoms with Crippen LogP contribution >= 0.6 is 0 Å². The van der Waals surface area contributed by atoms with Gasteiger partial charge in [0.15, 0.2) is 0 Å². The highest BCUT2D eigenvalue weighted by Gasteiger charge is 2.15. The maximum atomic E-state index is 11.0. The van der Waals surface area contributed by atoms with Gasteiger partial charge >= 0.3 is 5.97 Å². The van der Waals surface area contributed by atoms with Crippen LogP contribution < -0.4 is 4.74 Å². The van der Waals surface area contributed by atoms with Gasteiger partial charge in [0.2, 0.25) is 5.88 Å². The SMILES string of the molecule is COc1ncccc1-c1nc2cc(C(=O)O)ccc2n1C. The van der Waals surface area contributed by atoms with Gasteiger partial charge in [-0.3, -0.25) is 0 Å². The number of rotatable bonds is 3. The highest BCUT2D eigenvalue weighted by Crippen LogP contribution is 2.29. The molecule has 0 unspecified atom stereocenters. The Labute approximate surface area is 120 Å². The molecule has 0 atom stereocenters. The number of hydrogen-bond acceptors (Lipinski definition) is 4. The Morgan fingerprint density at radius 2 is 2.14 bits per heavy atom. The zero-order valence-electron chi connectivity index (χ0n) is 11.6. The lowest BCUT2D eigenvalue weighted by molar-refractivity contribution is 0.0697. The molecule has 0 spiro atoms. The van der Waals surface area contributed by atoms with E-state index in [1.807, 2.05) is 17.7 Å². The number of pyridine rings is 1. The molecule has 3 rings (SSSR count). The molecule has 0 saturated carbocycles. The molecule has 0 aliphatic heterocycles. The third-order valence-corrected chi connectivity index (χ3v) is 3.33. The van der Waals surface area contributed by atoms with Crippen LogP contribution in [0, 0.1) is 0 Å². The van der Waals surface area contributed by atoms with E-state index in [1.165, 1.54) is 0 Å². The lowest BCUT2D eigenvalue weighted by Gasteiger charge is -2.06. The fourth-order valence-corrected chi connectivity index (χ4v) is 2.30. The maximum absolute atomic E-state index is 11.0. The van der Waals surface area contributed by atoms with Crippen LogP contribution in [0.2, 0.25) is 0 Å². The Balaban J connectivity index is 2.24. The van der Waals surface area contributed by atoms with Crippen molar-refractivity contribution in [2.24, 2.45) is 7.05 Å². The van der Waals surface area contributed by atoms with E-state index >= 15 is 0 Å². The molecule has 106 valence electrons. The Morgan fingerprint density at radius 3 is 2.86 bits per heavy atom. The summed E-state index contributed by atoms with van der Waals surface area (Å²) >= 11 is 0. The number of carboxylic acids is 1. The summed E-state index contributed by atoms with van der Waals surface area (Å²) in [7, 11) is 3.43. The minimum atomic E-state index is -0.969. The Morgan fingerprint density at radius 1 is 1.33 bits per heavy atom. The van der Waals surface area contributed by atoms with E-state index < -0.39 is 5.97 Å². The summed E-state index contributed by atoms with van der Waals surface area (Å²) in [6.07, 6.45) is 1.65. The highest BCUT2D eigenvalue weighted by molar-refractivity contribution is 5.93. The molecule has 0 aliphatic carbocycles. The number of hydrogen-bond donors (Lipinski definition) is 1. The summed E-state index contributed by atoms with van der Waals surface area (Å²) in [5.41, 5.74) is 2.44. The second-order valence-electron chi connectivity index (χ2n) is 4.56. The van der Waals surface area contributed by atoms with Gasteiger partial charge in [0.05, 0.1) is 29.3 Å². The van der Waals surface area contributed by atoms with Crippen molar-refractivity contribution in [2.75, 3.05) is 7.11 Å². The summed E-state index contributed by atoms with van der Waals surface area (Å²) in [4.78, 5) is 19.7. The van der Waals surface area contributed by atoms with E-state index in [-0.39, 0.29) is 5.56 Å². The normalized spacial score (nSPS) is 10.8. The van der Waals surface area contributed by atoms with E-state index in [0.29, 0.717) is 17.2 Å². The van der Waals surface area contributed by atoms with Crippen molar-refractivity contribution in [3.63, 3.8) is 0 Å². The summed E-state index contributed by atoms with van der Waals surface area (Å²) in [5, 5.41) is 9.06. The number of ether oxygens (including phenoxy) is 1. The predicted octanol–water partition coefficient (Wildman–Crippen LogP) is 2.34. The monoisotopic (exact) mass is 283 g/mol. The van der Waals surface area contributed by atoms with Gasteiger partial charge in [0.1, 0.15) is 5.82 Å². The fraction of sp³-hybridized carbons (Fsp3) is 0.133. The van der Waals surface area contributed by atoms with Crippen molar-refractivity contribution in [3.05, 3.63) is 42.1 Å². The second-order valence-corrected chi connectivity index (χ2v) is 4.56. The third-order valence-electron chi connectivity index (χ3n) is 3.33. The highest BCUT2D eigenvalue weighted by atomic mass is 16.5. The Kier molecular flexibility index (Phi) is 3.06. The zero-order chi connectivity index (χ0) is 15.0. The number of imidazole rings is 1. The first-order chi connectivity index (χ1) is 10.1. The molecular formula is C15H13N3O3. The average molecular weight is 283 g/mol. The number of carboxylic acid groups (broad SMARTS) is 1. The van der Waals surface area contributed by atoms with Crippen LogP contribution in [0.25, 0.3) is 22.4 Å². The molecule has 0 bridgehead atoms. The van der Waals surface area contributed by atoms with Gasteiger partial charge in [-0.2, -0.15) is 0 Å². The van der Waals surface area contributed by atoms with Crippen LogP contribution in [0.15, 0.2) is 36.5 Å². The summed E-state index contributed by atoms with van der Waals surface area (Å²) in [6, 6.07) is 8.55. The van der Waals surface area contributed by atoms with Crippen molar-refractivity contribution >= 4 is 17.0 Å². The van der Waals surface area contributed by atoms with Crippen molar-refractivity contribution in [1.82, 2.24) is 14.5 Å². The molecule has 0 fully saturated rings. The molecule has 0 saturated heterocycles. The molecule has 1 N–H and O–H groups in total. The van der Waals surface area contributed by atoms with Gasteiger partial charge in [-0.15, -0.1) is 0 Å². The molecule has 3 aromatic rings. The number of aromatic nitrogens is 3. The van der Waals surface area contributed by atoms with Crippen LogP contribution in [-0.2, 0) is 7.05 Å². The largest absolute Gasteiger partial charge is 0.480 e. The molecule has 2 aromatic heterocycles. The molecule has 6 heteroatoms. The Hall–Kier alpha value is -2.89. The van der Waals surface area contributed by atoms with Gasteiger partial charge in [0, 0.05) is 13.2 Å². The van der Waals surface area contributed by atoms with E-state index in [4.69, 9.17) is 9.84 Å². The molecule has 0 radical (unpaired) electrons. The lowest BCUT2D eigenvalue weighted by atomic mass is 10.2. The number of benzene rings is 1. The second kappa shape index (κ2) is 4.90. The molecule has 6 nitrogen and oxygen atoms in total. The topological polar surface area (TPSA) is 77.2 Å². The molecule has 0 amide bonds. The van der Waals surface area contributed by atoms with Crippen molar-refractivity contribution in [2.45, 2.75) is 0 Å². The zero-order valence-corrected chi connectivity index (χ0v) is 11.6. The summed E-state index contributed by atoms with van der Waals surface area (Å²) in [5.74, 6) is 0.190. The number of methoxy groups -OCH3 is 1. The van der Waals surface area contributed by atoms with Gasteiger partial charge in [-0.25, -0.2) is 14.8 Å². The number of aryl methyl sites for hydroxylation is 1. The molecule has 21 heavy (non-hydrogen) atoms. The number of carbonyl (C=O) groups is 1. The van der Waals surface area contributed by atoms with Crippen LogP contribution in [0.4, 0.5) is 0 Å². The van der Waals surface area contributed by atoms with Crippen molar-refractivity contribution < 1.29 is 14.6 Å². The van der Waals surface area contributed by atoms with Crippen LogP contribution in [0.5, 0.6) is 5.88 Å². The number of nitrogens with zero attached hydrogens (tertiary/aromatic N) is 3. The molecule has 0 aliphatic rings. The first-order valence-electron chi connectivity index (χ1n) is 6.31. The van der Waals surface area contributed by atoms with E-state index in [0.717, 1.165) is 11.1 Å². The summed E-state index contributed by atoms with van der Waals surface area (Å²) < 4.78 is 7.14. The van der Waals surface area contributed by atoms with Gasteiger partial charge in [-0.1, -0.05) is 0 Å². The quantitative estimate of drug-likeness (QED) is 0.798. The van der Waals surface area contributed by atoms with E-state index in [9.17, 15) is 4.79 Å². The number of fused-ring (bicyclic) bond motifs is 1. The maximum Gasteiger partial charge on any atom is 0.335 e. The van der Waals surface area contributed by atoms with Gasteiger partial charge in [-0.05, 0) is 30.3 Å². The third kappa shape index (κ3) is 2.10. The molecular weight excluding hydrogens is 270 g/mol. The lowest BCUT2D eigenvalue weighted by Crippen LogP contribution is -1.97. The van der Waals surface area contributed by atoms with Gasteiger partial charge < -0.3 is 14.4 Å². The smallest absolute Gasteiger partial charge is 0.335 e. The predicted molar refractivity (Wildman–Crippen MR) is 77.5 cm³/mol. The minimum absolute atomic E-state index is 0.213. The van der Waals surface area contributed by atoms with E-state index in [2.05, 4.69) is 9.97 Å². The minimum Gasteiger partial charge on any atom is -0.480 e. The van der Waals surface area contributed by atoms with Crippen molar-refractivity contribution in [1.29, 1.82) is 0 Å². The fourth-order valence-electron chi connectivity index (χ4n) is 2.30. The van der Waals surface area contributed by atoms with Crippen LogP contribution in [-0.4, -0.2) is 32.7 Å². The van der Waals surface area contributed by atoms with Crippen molar-refractivity contribution in [3.8, 4) is 17.3 Å². The Bertz CT molecular complexity index is 839. The first-order valence-corrected chi connectivity index (χ1v) is 6.31. The van der Waals surface area contributed by atoms with Gasteiger partial charge in [0.25, 0.3) is 0 Å². The van der Waals surface area contributed by atoms with Crippen LogP contribution in [0.3, 0.4) is 0 Å². The van der Waals surface area contributed by atoms with Crippen LogP contribution in [0.1, 0.15) is 10.4 Å². The average Bonchev–Trinajstić information content (AvgIpc) is 2.83. The summed E-state index contributed by atoms with van der Waals surface area (Å²) in [6.45, 7) is 0. The molecule has 2 heterocycles. The number of aromatic carboxylic acids is 1. The van der Waals surface area contributed by atoms with E-state index in [1.54, 1.807) is 37.6 Å². The standard InChI is InChI=1S/C15H13N3O3/c1-18-12-6-5-9(15(19)20)8-11(12)17-13(18)10-4-3-7-16-14(10)21-2/h3-8H,1-2H3,(H,19,20). The first kappa shape index (κ1) is 13.1.